The summed E-state index contributed by atoms with van der Waals surface area (Å²) in [7, 11) is -0.403. The van der Waals surface area contributed by atoms with E-state index in [-0.39, 0.29) is 11.2 Å². The van der Waals surface area contributed by atoms with E-state index in [9.17, 15) is 0 Å². The van der Waals surface area contributed by atoms with Crippen LogP contribution in [-0.4, -0.2) is 18.3 Å². The predicted octanol–water partition coefficient (Wildman–Crippen LogP) is 10.6. The summed E-state index contributed by atoms with van der Waals surface area (Å²) in [5.41, 5.74) is 8.80. The minimum absolute atomic E-state index is 0.387. The Morgan fingerprint density at radius 1 is 0.638 bits per heavy atom. The Balaban J connectivity index is 1.16. The van der Waals surface area contributed by atoms with Crippen molar-refractivity contribution in [2.24, 2.45) is 0 Å². The van der Waals surface area contributed by atoms with Crippen LogP contribution >= 0.6 is 0 Å². The summed E-state index contributed by atoms with van der Waals surface area (Å²) >= 11 is 0. The molecule has 0 radical (unpaired) electrons. The van der Waals surface area contributed by atoms with Crippen molar-refractivity contribution in [1.82, 2.24) is 0 Å². The molecule has 1 aliphatic heterocycles. The zero-order valence-corrected chi connectivity index (χ0v) is 27.3. The van der Waals surface area contributed by atoms with E-state index in [1.807, 2.05) is 12.1 Å². The summed E-state index contributed by atoms with van der Waals surface area (Å²) in [5.74, 6) is 0.405. The second kappa shape index (κ2) is 11.4. The molecule has 1 atom stereocenters. The molecule has 2 heterocycles. The van der Waals surface area contributed by atoms with Crippen LogP contribution in [0.15, 0.2) is 144 Å². The van der Waals surface area contributed by atoms with Crippen molar-refractivity contribution in [2.45, 2.75) is 51.2 Å². The largest absolute Gasteiger partial charge is 0.494 e. The quantitative estimate of drug-likeness (QED) is 0.175. The molecule has 1 aliphatic carbocycles. The Labute approximate surface area is 277 Å². The van der Waals surface area contributed by atoms with Crippen LogP contribution < -0.4 is 10.4 Å². The highest BCUT2D eigenvalue weighted by Crippen LogP contribution is 2.40. The van der Waals surface area contributed by atoms with Gasteiger partial charge in [0.2, 0.25) is 0 Å². The zero-order chi connectivity index (χ0) is 32.2. The summed E-state index contributed by atoms with van der Waals surface area (Å²) in [5, 5.41) is 2.27. The molecule has 5 aromatic carbocycles. The minimum Gasteiger partial charge on any atom is -0.455 e. The normalized spacial score (nSPS) is 18.3. The molecule has 1 saturated heterocycles. The molecular weight excluding hydrogens is 577 g/mol. The maximum Gasteiger partial charge on any atom is 0.494 e. The number of allylic oxidation sites excluding steroid dienone is 4. The fourth-order valence-corrected chi connectivity index (χ4v) is 6.67. The lowest BCUT2D eigenvalue weighted by molar-refractivity contribution is 0.00578. The lowest BCUT2D eigenvalue weighted by atomic mass is 9.79. The maximum atomic E-state index is 6.35. The minimum atomic E-state index is -0.403. The summed E-state index contributed by atoms with van der Waals surface area (Å²) in [6.07, 6.45) is 9.81. The average Bonchev–Trinajstić information content (AvgIpc) is 3.58. The molecule has 5 heteroatoms. The third kappa shape index (κ3) is 5.30. The van der Waals surface area contributed by atoms with Crippen molar-refractivity contribution in [3.05, 3.63) is 145 Å². The molecule has 8 rings (SSSR count). The molecule has 0 saturated carbocycles. The fraction of sp³-hybridized carbons (Fsp3) is 0.190. The fourth-order valence-electron chi connectivity index (χ4n) is 6.67. The van der Waals surface area contributed by atoms with E-state index < -0.39 is 7.12 Å². The van der Waals surface area contributed by atoms with Crippen molar-refractivity contribution in [3.63, 3.8) is 0 Å². The monoisotopic (exact) mass is 615 g/mol. The molecule has 232 valence electrons. The third-order valence-electron chi connectivity index (χ3n) is 10.1. The molecule has 0 spiro atoms. The lowest BCUT2D eigenvalue weighted by Gasteiger charge is -2.32. The first kappa shape index (κ1) is 29.6. The number of fused-ring (bicyclic) bond motifs is 3. The highest BCUT2D eigenvalue weighted by molar-refractivity contribution is 6.62. The highest BCUT2D eigenvalue weighted by atomic mass is 16.7. The van der Waals surface area contributed by atoms with Gasteiger partial charge in [-0.15, -0.1) is 0 Å². The molecule has 0 amide bonds. The van der Waals surface area contributed by atoms with E-state index >= 15 is 0 Å². The van der Waals surface area contributed by atoms with E-state index in [1.54, 1.807) is 0 Å². The molecule has 6 aromatic rings. The molecule has 1 unspecified atom stereocenters. The summed E-state index contributed by atoms with van der Waals surface area (Å²) < 4.78 is 19.0. The van der Waals surface area contributed by atoms with Crippen LogP contribution in [0, 0.1) is 0 Å². The van der Waals surface area contributed by atoms with Gasteiger partial charge in [-0.25, -0.2) is 0 Å². The zero-order valence-electron chi connectivity index (χ0n) is 27.3. The number of furan rings is 1. The Morgan fingerprint density at radius 2 is 1.26 bits per heavy atom. The van der Waals surface area contributed by atoms with Crippen LogP contribution in [0.1, 0.15) is 45.6 Å². The number of para-hydroxylation sites is 2. The van der Waals surface area contributed by atoms with E-state index in [0.717, 1.165) is 62.0 Å². The van der Waals surface area contributed by atoms with Gasteiger partial charge in [-0.3, -0.25) is 0 Å². The van der Waals surface area contributed by atoms with Gasteiger partial charge >= 0.3 is 7.12 Å². The smallest absolute Gasteiger partial charge is 0.455 e. The van der Waals surface area contributed by atoms with Crippen LogP contribution in [0.2, 0.25) is 0 Å². The van der Waals surface area contributed by atoms with Crippen LogP contribution in [-0.2, 0) is 9.31 Å². The number of hydrogen-bond acceptors (Lipinski definition) is 4. The average molecular weight is 616 g/mol. The van der Waals surface area contributed by atoms with Crippen molar-refractivity contribution >= 4 is 51.6 Å². The maximum absolute atomic E-state index is 6.35. The van der Waals surface area contributed by atoms with Gasteiger partial charge in [0.25, 0.3) is 0 Å². The molecule has 2 aliphatic rings. The number of anilines is 3. The van der Waals surface area contributed by atoms with Gasteiger partial charge < -0.3 is 18.6 Å². The van der Waals surface area contributed by atoms with Crippen LogP contribution in [0.4, 0.5) is 17.1 Å². The van der Waals surface area contributed by atoms with Gasteiger partial charge in [-0.1, -0.05) is 97.1 Å². The molecule has 4 nitrogen and oxygen atoms in total. The molecule has 1 aromatic heterocycles. The Bertz CT molecular complexity index is 2110. The topological polar surface area (TPSA) is 34.8 Å². The first-order valence-electron chi connectivity index (χ1n) is 16.5. The second-order valence-electron chi connectivity index (χ2n) is 13.6. The molecule has 1 fully saturated rings. The van der Waals surface area contributed by atoms with Gasteiger partial charge in [-0.2, -0.15) is 0 Å². The number of rotatable bonds is 6. The van der Waals surface area contributed by atoms with E-state index in [2.05, 4.69) is 160 Å². The lowest BCUT2D eigenvalue weighted by Crippen LogP contribution is -2.41. The predicted molar refractivity (Wildman–Crippen MR) is 195 cm³/mol. The van der Waals surface area contributed by atoms with Crippen LogP contribution in [0.3, 0.4) is 0 Å². The Morgan fingerprint density at radius 3 is 1.91 bits per heavy atom. The number of hydrogen-bond donors (Lipinski definition) is 0. The summed E-state index contributed by atoms with van der Waals surface area (Å²) in [6, 6.07) is 40.9. The SMILES string of the molecule is CC1(C)OB(c2ccc(N(c3ccc(-c4cccc5c4oc4ccccc45)cc3)c3ccc(C4C=CC=CC4)cc3)cc2)OC1(C)C. The van der Waals surface area contributed by atoms with E-state index in [4.69, 9.17) is 13.7 Å². The Kier molecular flexibility index (Phi) is 7.20. The van der Waals surface area contributed by atoms with Crippen molar-refractivity contribution in [1.29, 1.82) is 0 Å². The van der Waals surface area contributed by atoms with Crippen molar-refractivity contribution in [3.8, 4) is 11.1 Å². The van der Waals surface area contributed by atoms with Crippen molar-refractivity contribution in [2.75, 3.05) is 4.90 Å². The molecule has 0 N–H and O–H groups in total. The Hall–Kier alpha value is -4.84. The van der Waals surface area contributed by atoms with Crippen LogP contribution in [0.5, 0.6) is 0 Å². The first-order valence-corrected chi connectivity index (χ1v) is 16.5. The molecule has 47 heavy (non-hydrogen) atoms. The van der Waals surface area contributed by atoms with Gasteiger partial charge in [-0.05, 0) is 93.2 Å². The van der Waals surface area contributed by atoms with Crippen LogP contribution in [0.25, 0.3) is 33.1 Å². The summed E-state index contributed by atoms with van der Waals surface area (Å²) in [6.45, 7) is 8.35. The second-order valence-corrected chi connectivity index (χ2v) is 13.6. The number of benzene rings is 5. The van der Waals surface area contributed by atoms with Gasteiger partial charge in [0.1, 0.15) is 11.2 Å². The standard InChI is InChI=1S/C42H38BNO3/c1-41(2)42(3,4)47-43(46-41)32-21-27-35(28-22-32)44(33-23-17-30(18-24-33)29-11-6-5-7-12-29)34-25-19-31(20-26-34)36-14-10-15-38-37-13-8-9-16-39(37)45-40(36)38/h5-11,13-29H,12H2,1-4H3. The molecule has 0 bridgehead atoms. The number of nitrogens with zero attached hydrogens (tertiary/aromatic N) is 1. The first-order chi connectivity index (χ1) is 22.8. The van der Waals surface area contributed by atoms with Crippen molar-refractivity contribution < 1.29 is 13.7 Å². The molecular formula is C42H38BNO3. The third-order valence-corrected chi connectivity index (χ3v) is 10.1. The highest BCUT2D eigenvalue weighted by Gasteiger charge is 2.51. The summed E-state index contributed by atoms with van der Waals surface area (Å²) in [4.78, 5) is 2.31. The van der Waals surface area contributed by atoms with E-state index in [1.165, 1.54) is 5.56 Å². The van der Waals surface area contributed by atoms with Gasteiger partial charge in [0, 0.05) is 39.3 Å². The van der Waals surface area contributed by atoms with Gasteiger partial charge in [0.15, 0.2) is 0 Å². The van der Waals surface area contributed by atoms with E-state index in [0.29, 0.717) is 5.92 Å². The van der Waals surface area contributed by atoms with Gasteiger partial charge in [0.05, 0.1) is 11.2 Å².